The first kappa shape index (κ1) is 15.0. The molecule has 3 heteroatoms. The van der Waals surface area contributed by atoms with Crippen molar-refractivity contribution in [2.75, 3.05) is 0 Å². The quantitative estimate of drug-likeness (QED) is 0.835. The van der Waals surface area contributed by atoms with Crippen LogP contribution in [0.4, 0.5) is 0 Å². The fraction of sp³-hybridized carbons (Fsp3) is 0.588. The standard InChI is InChI=1S/C17H25NO2/c1-12(2)11-13-7-9-14(10-8-13)16(17(19)20)18-15-5-3-4-6-15/h7-10,12,15-16,18H,3-6,11H2,1-2H3,(H,19,20). The summed E-state index contributed by atoms with van der Waals surface area (Å²) in [5.74, 6) is -0.166. The lowest BCUT2D eigenvalue weighted by Gasteiger charge is -2.20. The smallest absolute Gasteiger partial charge is 0.325 e. The summed E-state index contributed by atoms with van der Waals surface area (Å²) in [5.41, 5.74) is 2.13. The van der Waals surface area contributed by atoms with Gasteiger partial charge in [-0.25, -0.2) is 0 Å². The van der Waals surface area contributed by atoms with E-state index in [1.54, 1.807) is 0 Å². The SMILES string of the molecule is CC(C)Cc1ccc(C(NC2CCCC2)C(=O)O)cc1. The number of carboxylic acids is 1. The van der Waals surface area contributed by atoms with E-state index < -0.39 is 12.0 Å². The minimum absolute atomic E-state index is 0.353. The highest BCUT2D eigenvalue weighted by Gasteiger charge is 2.25. The number of rotatable bonds is 6. The van der Waals surface area contributed by atoms with Gasteiger partial charge in [-0.05, 0) is 36.3 Å². The molecule has 20 heavy (non-hydrogen) atoms. The zero-order valence-electron chi connectivity index (χ0n) is 12.4. The van der Waals surface area contributed by atoms with Crippen LogP contribution in [-0.2, 0) is 11.2 Å². The van der Waals surface area contributed by atoms with Crippen LogP contribution in [0.1, 0.15) is 56.7 Å². The van der Waals surface area contributed by atoms with Crippen LogP contribution in [0.5, 0.6) is 0 Å². The van der Waals surface area contributed by atoms with Crippen molar-refractivity contribution in [3.05, 3.63) is 35.4 Å². The first-order chi connectivity index (χ1) is 9.56. The molecule has 1 aliphatic rings. The predicted octanol–water partition coefficient (Wildman–Crippen LogP) is 3.54. The van der Waals surface area contributed by atoms with Crippen LogP contribution in [-0.4, -0.2) is 17.1 Å². The highest BCUT2D eigenvalue weighted by molar-refractivity contribution is 5.75. The van der Waals surface area contributed by atoms with Gasteiger partial charge in [-0.2, -0.15) is 0 Å². The largest absolute Gasteiger partial charge is 0.480 e. The Labute approximate surface area is 121 Å². The molecule has 0 aliphatic heterocycles. The molecule has 0 amide bonds. The summed E-state index contributed by atoms with van der Waals surface area (Å²) < 4.78 is 0. The Hall–Kier alpha value is -1.35. The van der Waals surface area contributed by atoms with Gasteiger partial charge in [0.1, 0.15) is 6.04 Å². The van der Waals surface area contributed by atoms with Crippen LogP contribution in [0.25, 0.3) is 0 Å². The third-order valence-corrected chi connectivity index (χ3v) is 3.96. The second-order valence-corrected chi connectivity index (χ2v) is 6.26. The molecule has 2 rings (SSSR count). The summed E-state index contributed by atoms with van der Waals surface area (Å²) in [5, 5.41) is 12.7. The number of hydrogen-bond donors (Lipinski definition) is 2. The molecule has 1 fully saturated rings. The van der Waals surface area contributed by atoms with E-state index in [1.165, 1.54) is 18.4 Å². The molecule has 0 heterocycles. The minimum Gasteiger partial charge on any atom is -0.480 e. The van der Waals surface area contributed by atoms with Gasteiger partial charge in [0.2, 0.25) is 0 Å². The molecule has 0 saturated heterocycles. The Balaban J connectivity index is 2.06. The molecule has 1 aromatic rings. The van der Waals surface area contributed by atoms with Crippen LogP contribution >= 0.6 is 0 Å². The first-order valence-corrected chi connectivity index (χ1v) is 7.64. The molecule has 1 atom stereocenters. The number of carbonyl (C=O) groups is 1. The molecular formula is C17H25NO2. The van der Waals surface area contributed by atoms with Gasteiger partial charge >= 0.3 is 5.97 Å². The van der Waals surface area contributed by atoms with Gasteiger partial charge in [-0.3, -0.25) is 10.1 Å². The minimum atomic E-state index is -0.784. The van der Waals surface area contributed by atoms with Crippen molar-refractivity contribution < 1.29 is 9.90 Å². The third kappa shape index (κ3) is 4.07. The molecule has 0 spiro atoms. The van der Waals surface area contributed by atoms with Gasteiger partial charge in [0.05, 0.1) is 0 Å². The van der Waals surface area contributed by atoms with Crippen LogP contribution in [0, 0.1) is 5.92 Å². The van der Waals surface area contributed by atoms with Crippen molar-refractivity contribution in [2.24, 2.45) is 5.92 Å². The maximum absolute atomic E-state index is 11.5. The van der Waals surface area contributed by atoms with E-state index in [4.69, 9.17) is 0 Å². The summed E-state index contributed by atoms with van der Waals surface area (Å²) in [7, 11) is 0. The summed E-state index contributed by atoms with van der Waals surface area (Å²) >= 11 is 0. The van der Waals surface area contributed by atoms with Gasteiger partial charge in [0.25, 0.3) is 0 Å². The molecule has 1 aliphatic carbocycles. The number of carboxylic acid groups (broad SMARTS) is 1. The maximum atomic E-state index is 11.5. The van der Waals surface area contributed by atoms with E-state index >= 15 is 0 Å². The lowest BCUT2D eigenvalue weighted by Crippen LogP contribution is -2.35. The second kappa shape index (κ2) is 6.89. The molecule has 2 N–H and O–H groups in total. The van der Waals surface area contributed by atoms with E-state index in [0.717, 1.165) is 24.8 Å². The topological polar surface area (TPSA) is 49.3 Å². The lowest BCUT2D eigenvalue weighted by atomic mass is 9.99. The lowest BCUT2D eigenvalue weighted by molar-refractivity contribution is -0.139. The van der Waals surface area contributed by atoms with E-state index in [9.17, 15) is 9.90 Å². The van der Waals surface area contributed by atoms with Gasteiger partial charge in [-0.1, -0.05) is 51.0 Å². The molecule has 3 nitrogen and oxygen atoms in total. The molecular weight excluding hydrogens is 250 g/mol. The molecule has 1 aromatic carbocycles. The monoisotopic (exact) mass is 275 g/mol. The number of benzene rings is 1. The van der Waals surface area contributed by atoms with Crippen LogP contribution in [0.3, 0.4) is 0 Å². The van der Waals surface area contributed by atoms with Crippen LogP contribution < -0.4 is 5.32 Å². The number of hydrogen-bond acceptors (Lipinski definition) is 2. The molecule has 1 unspecified atom stereocenters. The molecule has 110 valence electrons. The Morgan fingerprint density at radius 2 is 1.85 bits per heavy atom. The van der Waals surface area contributed by atoms with Crippen molar-refractivity contribution in [1.82, 2.24) is 5.32 Å². The van der Waals surface area contributed by atoms with Crippen molar-refractivity contribution in [1.29, 1.82) is 0 Å². The fourth-order valence-corrected chi connectivity index (χ4v) is 2.96. The fourth-order valence-electron chi connectivity index (χ4n) is 2.96. The molecule has 0 aromatic heterocycles. The third-order valence-electron chi connectivity index (χ3n) is 3.96. The average Bonchev–Trinajstić information content (AvgIpc) is 2.89. The maximum Gasteiger partial charge on any atom is 0.325 e. The Kier molecular flexibility index (Phi) is 5.18. The summed E-state index contributed by atoms with van der Waals surface area (Å²) in [6.07, 6.45) is 5.63. The van der Waals surface area contributed by atoms with Crippen molar-refractivity contribution in [3.8, 4) is 0 Å². The normalized spacial score (nSPS) is 17.6. The predicted molar refractivity (Wildman–Crippen MR) is 80.8 cm³/mol. The summed E-state index contributed by atoms with van der Waals surface area (Å²) in [6, 6.07) is 7.80. The Morgan fingerprint density at radius 1 is 1.25 bits per heavy atom. The van der Waals surface area contributed by atoms with Gasteiger partial charge < -0.3 is 5.11 Å². The zero-order valence-corrected chi connectivity index (χ0v) is 12.4. The summed E-state index contributed by atoms with van der Waals surface area (Å²) in [6.45, 7) is 4.38. The number of nitrogens with one attached hydrogen (secondary N) is 1. The van der Waals surface area contributed by atoms with Gasteiger partial charge in [0, 0.05) is 6.04 Å². The van der Waals surface area contributed by atoms with E-state index in [1.807, 2.05) is 12.1 Å². The number of aliphatic carboxylic acids is 1. The average molecular weight is 275 g/mol. The van der Waals surface area contributed by atoms with E-state index in [-0.39, 0.29) is 0 Å². The highest BCUT2D eigenvalue weighted by atomic mass is 16.4. The molecule has 0 radical (unpaired) electrons. The van der Waals surface area contributed by atoms with Gasteiger partial charge in [0.15, 0.2) is 0 Å². The van der Waals surface area contributed by atoms with Crippen LogP contribution in [0.2, 0.25) is 0 Å². The van der Waals surface area contributed by atoms with Crippen molar-refractivity contribution in [2.45, 2.75) is 58.0 Å². The van der Waals surface area contributed by atoms with Crippen molar-refractivity contribution >= 4 is 5.97 Å². The second-order valence-electron chi connectivity index (χ2n) is 6.26. The molecule has 0 bridgehead atoms. The summed E-state index contributed by atoms with van der Waals surface area (Å²) in [4.78, 5) is 11.5. The molecule has 1 saturated carbocycles. The van der Waals surface area contributed by atoms with Crippen molar-refractivity contribution in [3.63, 3.8) is 0 Å². The highest BCUT2D eigenvalue weighted by Crippen LogP contribution is 2.23. The van der Waals surface area contributed by atoms with Gasteiger partial charge in [-0.15, -0.1) is 0 Å². The van der Waals surface area contributed by atoms with Crippen LogP contribution in [0.15, 0.2) is 24.3 Å². The van der Waals surface area contributed by atoms with E-state index in [2.05, 4.69) is 31.3 Å². The first-order valence-electron chi connectivity index (χ1n) is 7.64. The Bertz CT molecular complexity index is 433. The zero-order chi connectivity index (χ0) is 14.5. The Morgan fingerprint density at radius 3 is 2.35 bits per heavy atom. The van der Waals surface area contributed by atoms with E-state index in [0.29, 0.717) is 12.0 Å².